The lowest BCUT2D eigenvalue weighted by Crippen LogP contribution is -2.52. The van der Waals surface area contributed by atoms with Crippen LogP contribution in [0.4, 0.5) is 5.69 Å². The molecule has 0 saturated heterocycles. The number of rotatable bonds is 15. The van der Waals surface area contributed by atoms with Crippen LogP contribution in [0.15, 0.2) is 71.6 Å². The van der Waals surface area contributed by atoms with Crippen molar-refractivity contribution in [2.24, 2.45) is 0 Å². The molecule has 1 N–H and O–H groups in total. The van der Waals surface area contributed by atoms with E-state index in [0.29, 0.717) is 29.4 Å². The van der Waals surface area contributed by atoms with Crippen LogP contribution >= 0.6 is 0 Å². The molecule has 0 aliphatic heterocycles. The first-order chi connectivity index (χ1) is 20.9. The number of nitrogens with zero attached hydrogens (tertiary/aromatic N) is 2. The second-order valence-electron chi connectivity index (χ2n) is 10.2. The Morgan fingerprint density at radius 1 is 0.841 bits per heavy atom. The summed E-state index contributed by atoms with van der Waals surface area (Å²) in [5.41, 5.74) is 0.939. The summed E-state index contributed by atoms with van der Waals surface area (Å²) in [6.07, 6.45) is 0. The predicted molar refractivity (Wildman–Crippen MR) is 168 cm³/mol. The number of amides is 2. The lowest BCUT2D eigenvalue weighted by atomic mass is 10.1. The summed E-state index contributed by atoms with van der Waals surface area (Å²) in [6, 6.07) is 16.7. The topological polar surface area (TPSA) is 124 Å². The maximum absolute atomic E-state index is 14.2. The van der Waals surface area contributed by atoms with E-state index in [9.17, 15) is 18.0 Å². The van der Waals surface area contributed by atoms with E-state index in [2.05, 4.69) is 5.32 Å². The van der Waals surface area contributed by atoms with Gasteiger partial charge in [-0.2, -0.15) is 0 Å². The smallest absolute Gasteiger partial charge is 0.264 e. The van der Waals surface area contributed by atoms with Gasteiger partial charge in [0.15, 0.2) is 11.5 Å². The Morgan fingerprint density at radius 2 is 1.52 bits per heavy atom. The standard InChI is InChI=1S/C32H41N3O8S/c1-8-43-26-14-12-25(13-15-26)35(44(38,39)28-16-17-29(41-6)30(19-28)42-7)21-31(36)34(23(4)32(37)33-22(2)3)20-24-10-9-11-27(18-24)40-5/h9-19,22-23H,8,20-21H2,1-7H3,(H,33,37)/t23-/m1/s1. The second kappa shape index (κ2) is 15.3. The van der Waals surface area contributed by atoms with Crippen LogP contribution in [0, 0.1) is 0 Å². The van der Waals surface area contributed by atoms with Gasteiger partial charge in [0.05, 0.1) is 38.5 Å². The molecule has 44 heavy (non-hydrogen) atoms. The van der Waals surface area contributed by atoms with E-state index < -0.39 is 28.5 Å². The predicted octanol–water partition coefficient (Wildman–Crippen LogP) is 4.25. The van der Waals surface area contributed by atoms with Crippen molar-refractivity contribution in [3.63, 3.8) is 0 Å². The zero-order chi connectivity index (χ0) is 32.4. The molecule has 3 rings (SSSR count). The number of ether oxygens (including phenoxy) is 4. The normalized spacial score (nSPS) is 11.8. The summed E-state index contributed by atoms with van der Waals surface area (Å²) in [5, 5.41) is 2.84. The monoisotopic (exact) mass is 627 g/mol. The molecule has 0 saturated carbocycles. The molecular formula is C32H41N3O8S. The van der Waals surface area contributed by atoms with Crippen LogP contribution in [0.25, 0.3) is 0 Å². The molecule has 2 amide bonds. The molecule has 0 fully saturated rings. The van der Waals surface area contributed by atoms with Crippen molar-refractivity contribution in [3.8, 4) is 23.0 Å². The fourth-order valence-electron chi connectivity index (χ4n) is 4.46. The zero-order valence-electron chi connectivity index (χ0n) is 26.2. The zero-order valence-corrected chi connectivity index (χ0v) is 27.0. The van der Waals surface area contributed by atoms with Gasteiger partial charge in [0.2, 0.25) is 11.8 Å². The maximum Gasteiger partial charge on any atom is 0.264 e. The summed E-state index contributed by atoms with van der Waals surface area (Å²) >= 11 is 0. The number of benzene rings is 3. The Hall–Kier alpha value is -4.45. The van der Waals surface area contributed by atoms with Crippen LogP contribution in [0.3, 0.4) is 0 Å². The third-order valence-corrected chi connectivity index (χ3v) is 8.51. The van der Waals surface area contributed by atoms with Gasteiger partial charge in [-0.1, -0.05) is 12.1 Å². The summed E-state index contributed by atoms with van der Waals surface area (Å²) in [4.78, 5) is 28.5. The van der Waals surface area contributed by atoms with Crippen molar-refractivity contribution < 1.29 is 37.0 Å². The second-order valence-corrected chi connectivity index (χ2v) is 12.0. The van der Waals surface area contributed by atoms with Crippen LogP contribution in [-0.4, -0.2) is 71.7 Å². The van der Waals surface area contributed by atoms with Crippen molar-refractivity contribution >= 4 is 27.5 Å². The van der Waals surface area contributed by atoms with E-state index in [1.54, 1.807) is 55.5 Å². The molecule has 238 valence electrons. The van der Waals surface area contributed by atoms with Gasteiger partial charge in [0, 0.05) is 18.7 Å². The number of hydrogen-bond donors (Lipinski definition) is 1. The van der Waals surface area contributed by atoms with Crippen molar-refractivity contribution in [1.82, 2.24) is 10.2 Å². The molecule has 11 nitrogen and oxygen atoms in total. The van der Waals surface area contributed by atoms with Gasteiger partial charge in [0.25, 0.3) is 10.0 Å². The highest BCUT2D eigenvalue weighted by Crippen LogP contribution is 2.33. The molecule has 0 heterocycles. The van der Waals surface area contributed by atoms with Gasteiger partial charge < -0.3 is 29.2 Å². The van der Waals surface area contributed by atoms with E-state index in [0.717, 1.165) is 4.31 Å². The number of carbonyl (C=O) groups excluding carboxylic acids is 2. The molecule has 0 bridgehead atoms. The largest absolute Gasteiger partial charge is 0.497 e. The SMILES string of the molecule is CCOc1ccc(N(CC(=O)N(Cc2cccc(OC)c2)[C@H](C)C(=O)NC(C)C)S(=O)(=O)c2ccc(OC)c(OC)c2)cc1. The molecule has 0 aliphatic carbocycles. The first-order valence-electron chi connectivity index (χ1n) is 14.2. The Labute approximate surface area is 259 Å². The summed E-state index contributed by atoms with van der Waals surface area (Å²) in [6.45, 7) is 6.98. The average molecular weight is 628 g/mol. The van der Waals surface area contributed by atoms with Gasteiger partial charge in [-0.25, -0.2) is 8.42 Å². The lowest BCUT2D eigenvalue weighted by molar-refractivity contribution is -0.139. The third-order valence-electron chi connectivity index (χ3n) is 6.74. The van der Waals surface area contributed by atoms with Crippen molar-refractivity contribution in [2.45, 2.75) is 51.2 Å². The van der Waals surface area contributed by atoms with E-state index in [1.165, 1.54) is 44.4 Å². The highest BCUT2D eigenvalue weighted by molar-refractivity contribution is 7.92. The number of methoxy groups -OCH3 is 3. The van der Waals surface area contributed by atoms with E-state index >= 15 is 0 Å². The van der Waals surface area contributed by atoms with Gasteiger partial charge in [-0.3, -0.25) is 13.9 Å². The average Bonchev–Trinajstić information content (AvgIpc) is 3.01. The number of anilines is 1. The fraction of sp³-hybridized carbons (Fsp3) is 0.375. The number of sulfonamides is 1. The molecule has 0 aliphatic rings. The first-order valence-corrected chi connectivity index (χ1v) is 15.6. The third kappa shape index (κ3) is 8.34. The van der Waals surface area contributed by atoms with Crippen LogP contribution in [0.5, 0.6) is 23.0 Å². The van der Waals surface area contributed by atoms with Crippen molar-refractivity contribution in [1.29, 1.82) is 0 Å². The summed E-state index contributed by atoms with van der Waals surface area (Å²) < 4.78 is 50.9. The minimum atomic E-state index is -4.32. The fourth-order valence-corrected chi connectivity index (χ4v) is 5.89. The molecule has 0 spiro atoms. The minimum Gasteiger partial charge on any atom is -0.497 e. The molecule has 3 aromatic carbocycles. The molecule has 1 atom stereocenters. The molecule has 0 radical (unpaired) electrons. The summed E-state index contributed by atoms with van der Waals surface area (Å²) in [5.74, 6) is 0.740. The van der Waals surface area contributed by atoms with Crippen LogP contribution < -0.4 is 28.6 Å². The highest BCUT2D eigenvalue weighted by atomic mass is 32.2. The molecule has 3 aromatic rings. The van der Waals surface area contributed by atoms with Crippen LogP contribution in [0.2, 0.25) is 0 Å². The van der Waals surface area contributed by atoms with Gasteiger partial charge in [-0.05, 0) is 81.8 Å². The maximum atomic E-state index is 14.2. The van der Waals surface area contributed by atoms with E-state index in [4.69, 9.17) is 18.9 Å². The highest BCUT2D eigenvalue weighted by Gasteiger charge is 2.33. The van der Waals surface area contributed by atoms with E-state index in [1.807, 2.05) is 20.8 Å². The van der Waals surface area contributed by atoms with Crippen LogP contribution in [-0.2, 0) is 26.2 Å². The summed E-state index contributed by atoms with van der Waals surface area (Å²) in [7, 11) is 0.0649. The molecule has 0 unspecified atom stereocenters. The Morgan fingerprint density at radius 3 is 2.11 bits per heavy atom. The Bertz CT molecular complexity index is 1530. The quantitative estimate of drug-likeness (QED) is 0.265. The number of nitrogens with one attached hydrogen (secondary N) is 1. The van der Waals surface area contributed by atoms with Gasteiger partial charge in [-0.15, -0.1) is 0 Å². The lowest BCUT2D eigenvalue weighted by Gasteiger charge is -2.32. The minimum absolute atomic E-state index is 0.0379. The Balaban J connectivity index is 2.09. The molecular weight excluding hydrogens is 586 g/mol. The Kier molecular flexibility index (Phi) is 11.9. The first kappa shape index (κ1) is 34.0. The van der Waals surface area contributed by atoms with E-state index in [-0.39, 0.29) is 34.8 Å². The van der Waals surface area contributed by atoms with Gasteiger partial charge >= 0.3 is 0 Å². The van der Waals surface area contributed by atoms with Crippen molar-refractivity contribution in [3.05, 3.63) is 72.3 Å². The van der Waals surface area contributed by atoms with Crippen LogP contribution in [0.1, 0.15) is 33.3 Å². The molecule has 12 heteroatoms. The van der Waals surface area contributed by atoms with Crippen molar-refractivity contribution in [2.75, 3.05) is 38.8 Å². The number of carbonyl (C=O) groups is 2. The number of hydrogen-bond acceptors (Lipinski definition) is 8. The molecule has 0 aromatic heterocycles. The van der Waals surface area contributed by atoms with Gasteiger partial charge in [0.1, 0.15) is 24.1 Å².